The van der Waals surface area contributed by atoms with Crippen LogP contribution in [0.4, 0.5) is 26.3 Å². The first-order valence-corrected chi connectivity index (χ1v) is 6.26. The summed E-state index contributed by atoms with van der Waals surface area (Å²) in [4.78, 5) is 36.6. The molecule has 0 atom stereocenters. The summed E-state index contributed by atoms with van der Waals surface area (Å²) < 4.78 is 63.5. The standard InChI is InChI=1S/C4H10N2.C3H4O4.2C2HF3O2.Pt/c5-3-1-2-4-6;4-2(5)1-3(6)7;2*3-2(4,5)1(6)7;/h5-6H,1-4H2;1H2,(H,4,5)(H,6,7);2*(H,6,7);/q-2;;;;+2. The number of rotatable bonds is 5. The summed E-state index contributed by atoms with van der Waals surface area (Å²) in [5.41, 5.74) is 13.2. The second-order valence-corrected chi connectivity index (χ2v) is 3.78. The number of unbranched alkanes of at least 4 members (excludes halogenated alkanes) is 1. The number of halogens is 6. The number of carbonyl (C=O) groups is 4. The molecule has 0 aliphatic carbocycles. The molecule has 0 aliphatic heterocycles. The van der Waals surface area contributed by atoms with Gasteiger partial charge in [0.05, 0.1) is 0 Å². The Morgan fingerprint density at radius 1 is 0.643 bits per heavy atom. The third-order valence-corrected chi connectivity index (χ3v) is 1.39. The third-order valence-electron chi connectivity index (χ3n) is 1.39. The Kier molecular flexibility index (Phi) is 26.1. The zero-order valence-corrected chi connectivity index (χ0v) is 15.8. The first kappa shape index (κ1) is 36.9. The van der Waals surface area contributed by atoms with Crippen molar-refractivity contribution in [1.82, 2.24) is 0 Å². The van der Waals surface area contributed by atoms with Gasteiger partial charge >= 0.3 is 57.3 Å². The molecule has 0 aromatic heterocycles. The van der Waals surface area contributed by atoms with E-state index in [0.717, 1.165) is 12.8 Å². The van der Waals surface area contributed by atoms with E-state index in [1.54, 1.807) is 0 Å². The van der Waals surface area contributed by atoms with Crippen LogP contribution in [0.1, 0.15) is 19.3 Å². The summed E-state index contributed by atoms with van der Waals surface area (Å²) in [5, 5.41) is 29.7. The van der Waals surface area contributed by atoms with Crippen LogP contribution in [0.15, 0.2) is 0 Å². The summed E-state index contributed by atoms with van der Waals surface area (Å²) in [6, 6.07) is 0. The van der Waals surface area contributed by atoms with E-state index in [0.29, 0.717) is 13.1 Å². The normalized spacial score (nSPS) is 9.57. The molecule has 0 amide bonds. The van der Waals surface area contributed by atoms with E-state index in [4.69, 9.17) is 41.5 Å². The maximum absolute atomic E-state index is 10.6. The van der Waals surface area contributed by atoms with Crippen molar-refractivity contribution in [2.45, 2.75) is 31.6 Å². The van der Waals surface area contributed by atoms with Gasteiger partial charge in [-0.25, -0.2) is 9.59 Å². The van der Waals surface area contributed by atoms with Crippen molar-refractivity contribution in [3.63, 3.8) is 0 Å². The Morgan fingerprint density at radius 3 is 0.857 bits per heavy atom. The van der Waals surface area contributed by atoms with Gasteiger partial charge in [-0.1, -0.05) is 12.8 Å². The summed E-state index contributed by atoms with van der Waals surface area (Å²) in [6.45, 7) is 0.970. The average molecular weight is 613 g/mol. The smallest absolute Gasteiger partial charge is 0.677 e. The van der Waals surface area contributed by atoms with Crippen molar-refractivity contribution in [3.8, 4) is 0 Å². The number of nitrogens with one attached hydrogen (secondary N) is 2. The Balaban J connectivity index is -0.0000000831. The number of alkyl halides is 6. The van der Waals surface area contributed by atoms with Gasteiger partial charge in [0.2, 0.25) is 0 Å². The first-order chi connectivity index (χ1) is 11.9. The Morgan fingerprint density at radius 2 is 0.821 bits per heavy atom. The number of hydrogen-bond donors (Lipinski definition) is 4. The zero-order valence-electron chi connectivity index (χ0n) is 13.5. The van der Waals surface area contributed by atoms with Crippen molar-refractivity contribution in [2.24, 2.45) is 0 Å². The van der Waals surface area contributed by atoms with E-state index >= 15 is 0 Å². The monoisotopic (exact) mass is 613 g/mol. The van der Waals surface area contributed by atoms with Gasteiger partial charge in [-0.05, 0) is 0 Å². The van der Waals surface area contributed by atoms with Gasteiger partial charge in [0.15, 0.2) is 0 Å². The molecule has 0 rings (SSSR count). The Hall–Kier alpha value is -1.93. The third kappa shape index (κ3) is 44.0. The topological polar surface area (TPSA) is 197 Å². The molecule has 6 N–H and O–H groups in total. The van der Waals surface area contributed by atoms with E-state index in [1.807, 2.05) is 0 Å². The molecule has 0 aromatic rings. The molecular formula is C11H16F6N2O8Pt. The Bertz CT molecular complexity index is 419. The van der Waals surface area contributed by atoms with Crippen LogP contribution >= 0.6 is 0 Å². The van der Waals surface area contributed by atoms with Crippen LogP contribution in [0, 0.1) is 0 Å². The zero-order chi connectivity index (χ0) is 22.8. The molecule has 0 heterocycles. The van der Waals surface area contributed by atoms with Crippen molar-refractivity contribution in [1.29, 1.82) is 0 Å². The average Bonchev–Trinajstić information content (AvgIpc) is 2.43. The van der Waals surface area contributed by atoms with Crippen molar-refractivity contribution >= 4 is 23.9 Å². The fourth-order valence-corrected chi connectivity index (χ4v) is 0.379. The fraction of sp³-hybridized carbons (Fsp3) is 0.636. The molecule has 0 bridgehead atoms. The quantitative estimate of drug-likeness (QED) is 0.206. The fourth-order valence-electron chi connectivity index (χ4n) is 0.379. The maximum atomic E-state index is 10.6. The molecule has 0 aliphatic rings. The Labute approximate surface area is 167 Å². The predicted molar refractivity (Wildman–Crippen MR) is 74.9 cm³/mol. The summed E-state index contributed by atoms with van der Waals surface area (Å²) in [7, 11) is 0. The van der Waals surface area contributed by atoms with Gasteiger partial charge in [-0.2, -0.15) is 39.4 Å². The van der Waals surface area contributed by atoms with Gasteiger partial charge in [0.25, 0.3) is 0 Å². The van der Waals surface area contributed by atoms with Crippen LogP contribution in [0.25, 0.3) is 11.5 Å². The first-order valence-electron chi connectivity index (χ1n) is 6.26. The number of carboxylic acids is 4. The molecule has 0 fully saturated rings. The SMILES string of the molecule is O=C(O)C(F)(F)F.O=C(O)C(F)(F)F.O=C(O)CC(=O)O.[NH-]CCCC[NH-].[Pt+2]. The molecule has 0 saturated carbocycles. The molecule has 10 nitrogen and oxygen atoms in total. The molecular weight excluding hydrogens is 597 g/mol. The van der Waals surface area contributed by atoms with Gasteiger partial charge in [0, 0.05) is 0 Å². The second-order valence-electron chi connectivity index (χ2n) is 3.78. The minimum atomic E-state index is -5.08. The van der Waals surface area contributed by atoms with Crippen molar-refractivity contribution in [3.05, 3.63) is 11.5 Å². The van der Waals surface area contributed by atoms with Crippen LogP contribution in [0.5, 0.6) is 0 Å². The van der Waals surface area contributed by atoms with E-state index in [2.05, 4.69) is 0 Å². The van der Waals surface area contributed by atoms with Crippen LogP contribution in [0.3, 0.4) is 0 Å². The molecule has 28 heavy (non-hydrogen) atoms. The van der Waals surface area contributed by atoms with Crippen LogP contribution in [-0.2, 0) is 40.2 Å². The molecule has 0 spiro atoms. The molecule has 0 unspecified atom stereocenters. The summed E-state index contributed by atoms with van der Waals surface area (Å²) in [5.74, 6) is -8.14. The van der Waals surface area contributed by atoms with Crippen LogP contribution in [-0.4, -0.2) is 69.7 Å². The minimum absolute atomic E-state index is 0. The number of carboxylic acid groups (broad SMARTS) is 4. The van der Waals surface area contributed by atoms with Gasteiger partial charge in [-0.3, -0.25) is 9.59 Å². The van der Waals surface area contributed by atoms with Gasteiger partial charge in [0.1, 0.15) is 6.42 Å². The molecule has 17 heteroatoms. The van der Waals surface area contributed by atoms with E-state index in [9.17, 15) is 35.9 Å². The minimum Gasteiger partial charge on any atom is -0.677 e. The van der Waals surface area contributed by atoms with E-state index < -0.39 is 42.7 Å². The maximum Gasteiger partial charge on any atom is 2.00 e. The largest absolute Gasteiger partial charge is 2.00 e. The molecule has 0 radical (unpaired) electrons. The van der Waals surface area contributed by atoms with Crippen LogP contribution < -0.4 is 0 Å². The number of aliphatic carboxylic acids is 4. The summed E-state index contributed by atoms with van der Waals surface area (Å²) >= 11 is 0. The molecule has 170 valence electrons. The molecule has 0 saturated heterocycles. The van der Waals surface area contributed by atoms with E-state index in [-0.39, 0.29) is 21.1 Å². The summed E-state index contributed by atoms with van der Waals surface area (Å²) in [6.07, 6.45) is -9.19. The van der Waals surface area contributed by atoms with Crippen molar-refractivity contribution < 1.29 is 87.0 Å². The van der Waals surface area contributed by atoms with E-state index in [1.165, 1.54) is 0 Å². The number of hydrogen-bond acceptors (Lipinski definition) is 4. The molecule has 0 aromatic carbocycles. The predicted octanol–water partition coefficient (Wildman–Crippen LogP) is 2.68. The van der Waals surface area contributed by atoms with Crippen molar-refractivity contribution in [2.75, 3.05) is 13.1 Å². The van der Waals surface area contributed by atoms with Gasteiger partial charge in [-0.15, -0.1) is 0 Å². The van der Waals surface area contributed by atoms with Crippen LogP contribution in [0.2, 0.25) is 0 Å². The van der Waals surface area contributed by atoms with Gasteiger partial charge < -0.3 is 31.9 Å². The second kappa shape index (κ2) is 19.8.